The second-order valence-electron chi connectivity index (χ2n) is 5.88. The number of hydrogen-bond acceptors (Lipinski definition) is 2. The Labute approximate surface area is 114 Å². The molecule has 0 amide bonds. The summed E-state index contributed by atoms with van der Waals surface area (Å²) in [6.07, 6.45) is 5.00. The molecule has 1 aromatic rings. The average molecular weight is 258 g/mol. The average Bonchev–Trinajstić information content (AvgIpc) is 2.39. The summed E-state index contributed by atoms with van der Waals surface area (Å²) in [6, 6.07) is 10.5. The van der Waals surface area contributed by atoms with Crippen LogP contribution in [0.2, 0.25) is 0 Å². The van der Waals surface area contributed by atoms with Crippen molar-refractivity contribution in [1.82, 2.24) is 4.90 Å². The van der Waals surface area contributed by atoms with Gasteiger partial charge in [-0.15, -0.1) is 0 Å². The first-order chi connectivity index (χ1) is 9.20. The highest BCUT2D eigenvalue weighted by Gasteiger charge is 2.51. The van der Waals surface area contributed by atoms with Crippen molar-refractivity contribution in [3.05, 3.63) is 42.3 Å². The first-order valence-corrected chi connectivity index (χ1v) is 7.02. The number of hydrogen-bond donors (Lipinski definition) is 1. The molecular weight excluding hydrogens is 238 g/mol. The van der Waals surface area contributed by atoms with Crippen molar-refractivity contribution in [2.75, 3.05) is 13.1 Å². The summed E-state index contributed by atoms with van der Waals surface area (Å²) in [7, 11) is 0. The van der Waals surface area contributed by atoms with Gasteiger partial charge in [0.1, 0.15) is 0 Å². The molecule has 0 aromatic heterocycles. The number of nitrogens with zero attached hydrogens (tertiary/aromatic N) is 1. The van der Waals surface area contributed by atoms with Gasteiger partial charge in [0, 0.05) is 6.54 Å². The predicted octanol–water partition coefficient (Wildman–Crippen LogP) is 2.58. The Kier molecular flexibility index (Phi) is 3.31. The number of aliphatic carboxylic acids is 1. The molecule has 2 aliphatic rings. The lowest BCUT2D eigenvalue weighted by Crippen LogP contribution is -2.52. The highest BCUT2D eigenvalue weighted by atomic mass is 16.4. The third-order valence-electron chi connectivity index (χ3n) is 4.79. The van der Waals surface area contributed by atoms with Crippen LogP contribution >= 0.6 is 0 Å². The van der Waals surface area contributed by atoms with E-state index in [1.54, 1.807) is 0 Å². The minimum atomic E-state index is -0.636. The van der Waals surface area contributed by atoms with E-state index in [2.05, 4.69) is 29.2 Å². The molecular formula is C16H20NO2. The van der Waals surface area contributed by atoms with Crippen molar-refractivity contribution in [1.29, 1.82) is 0 Å². The molecule has 1 saturated carbocycles. The van der Waals surface area contributed by atoms with Gasteiger partial charge in [0.2, 0.25) is 0 Å². The van der Waals surface area contributed by atoms with Gasteiger partial charge in [0.05, 0.1) is 5.92 Å². The number of carboxylic acids is 1. The number of rotatable bonds is 3. The second kappa shape index (κ2) is 4.97. The molecule has 3 nitrogen and oxygen atoms in total. The van der Waals surface area contributed by atoms with Gasteiger partial charge in [0.25, 0.3) is 0 Å². The third-order valence-corrected chi connectivity index (χ3v) is 4.79. The lowest BCUT2D eigenvalue weighted by atomic mass is 9.55. The Hall–Kier alpha value is -1.35. The van der Waals surface area contributed by atoms with Crippen molar-refractivity contribution >= 4 is 5.97 Å². The number of piperidine rings is 1. The maximum Gasteiger partial charge on any atom is 0.307 e. The highest BCUT2D eigenvalue weighted by molar-refractivity contribution is 5.74. The molecule has 1 atom stereocenters. The molecule has 1 unspecified atom stereocenters. The molecule has 0 bridgehead atoms. The van der Waals surface area contributed by atoms with E-state index in [0.717, 1.165) is 38.9 Å². The van der Waals surface area contributed by atoms with Crippen molar-refractivity contribution in [2.24, 2.45) is 11.3 Å². The van der Waals surface area contributed by atoms with Crippen LogP contribution in [0.25, 0.3) is 0 Å². The number of carbonyl (C=O) groups is 1. The standard InChI is InChI=1S/C16H20NO2/c18-15(19)14-6-7-16(14)8-10-17(11-9-16)12-13-4-2-1-3-5-13/h1-6,14H,7-12H2,(H,18,19). The van der Waals surface area contributed by atoms with Crippen molar-refractivity contribution in [3.63, 3.8) is 0 Å². The summed E-state index contributed by atoms with van der Waals surface area (Å²) < 4.78 is 0. The molecule has 2 fully saturated rings. The zero-order chi connectivity index (χ0) is 13.3. The first kappa shape index (κ1) is 12.7. The SMILES string of the molecule is O=C(O)C1[CH]CC12CCN(Cc1ccccc1)CC2. The Balaban J connectivity index is 1.57. The maximum atomic E-state index is 11.2. The lowest BCUT2D eigenvalue weighted by Gasteiger charge is -2.52. The fourth-order valence-corrected chi connectivity index (χ4v) is 3.45. The normalized spacial score (nSPS) is 26.0. The van der Waals surface area contributed by atoms with Gasteiger partial charge in [-0.05, 0) is 49.8 Å². The van der Waals surface area contributed by atoms with E-state index in [-0.39, 0.29) is 11.3 Å². The van der Waals surface area contributed by atoms with Crippen molar-refractivity contribution in [2.45, 2.75) is 25.8 Å². The zero-order valence-electron chi connectivity index (χ0n) is 11.1. The number of carboxylic acid groups (broad SMARTS) is 1. The minimum absolute atomic E-state index is 0.0685. The Morgan fingerprint density at radius 2 is 1.95 bits per heavy atom. The molecule has 1 aliphatic carbocycles. The molecule has 1 aliphatic heterocycles. The van der Waals surface area contributed by atoms with Crippen LogP contribution in [0.5, 0.6) is 0 Å². The molecule has 101 valence electrons. The fourth-order valence-electron chi connectivity index (χ4n) is 3.45. The molecule has 3 rings (SSSR count). The molecule has 1 spiro atoms. The predicted molar refractivity (Wildman–Crippen MR) is 73.4 cm³/mol. The van der Waals surface area contributed by atoms with Gasteiger partial charge in [-0.3, -0.25) is 9.69 Å². The molecule has 1 aromatic carbocycles. The summed E-state index contributed by atoms with van der Waals surface area (Å²) in [4.78, 5) is 13.6. The topological polar surface area (TPSA) is 40.5 Å². The Morgan fingerprint density at radius 1 is 1.26 bits per heavy atom. The van der Waals surface area contributed by atoms with E-state index < -0.39 is 5.97 Å². The van der Waals surface area contributed by atoms with Crippen LogP contribution in [0.4, 0.5) is 0 Å². The van der Waals surface area contributed by atoms with E-state index in [9.17, 15) is 9.90 Å². The monoisotopic (exact) mass is 258 g/mol. The lowest BCUT2D eigenvalue weighted by molar-refractivity contribution is -0.151. The smallest absolute Gasteiger partial charge is 0.307 e. The highest BCUT2D eigenvalue weighted by Crippen LogP contribution is 2.53. The van der Waals surface area contributed by atoms with Gasteiger partial charge >= 0.3 is 5.97 Å². The molecule has 19 heavy (non-hydrogen) atoms. The third kappa shape index (κ3) is 2.39. The summed E-state index contributed by atoms with van der Waals surface area (Å²) in [5, 5.41) is 9.21. The van der Waals surface area contributed by atoms with Gasteiger partial charge in [-0.2, -0.15) is 0 Å². The van der Waals surface area contributed by atoms with E-state index >= 15 is 0 Å². The van der Waals surface area contributed by atoms with Crippen LogP contribution in [0.3, 0.4) is 0 Å². The largest absolute Gasteiger partial charge is 0.481 e. The Bertz CT molecular complexity index is 449. The summed E-state index contributed by atoms with van der Waals surface area (Å²) in [5.74, 6) is -0.839. The molecule has 1 saturated heterocycles. The van der Waals surface area contributed by atoms with E-state index in [1.807, 2.05) is 12.5 Å². The maximum absolute atomic E-state index is 11.2. The van der Waals surface area contributed by atoms with E-state index in [4.69, 9.17) is 0 Å². The number of likely N-dealkylation sites (tertiary alicyclic amines) is 1. The van der Waals surface area contributed by atoms with Crippen LogP contribution in [0, 0.1) is 17.8 Å². The van der Waals surface area contributed by atoms with Gasteiger partial charge < -0.3 is 5.11 Å². The van der Waals surface area contributed by atoms with Gasteiger partial charge in [-0.25, -0.2) is 0 Å². The molecule has 1 N–H and O–H groups in total. The van der Waals surface area contributed by atoms with Crippen LogP contribution < -0.4 is 0 Å². The minimum Gasteiger partial charge on any atom is -0.481 e. The van der Waals surface area contributed by atoms with Crippen LogP contribution in [-0.4, -0.2) is 29.1 Å². The molecule has 1 heterocycles. The fraction of sp³-hybridized carbons (Fsp3) is 0.500. The zero-order valence-corrected chi connectivity index (χ0v) is 11.1. The van der Waals surface area contributed by atoms with Crippen molar-refractivity contribution < 1.29 is 9.90 Å². The Morgan fingerprint density at radius 3 is 2.47 bits per heavy atom. The molecule has 1 radical (unpaired) electrons. The van der Waals surface area contributed by atoms with Gasteiger partial charge in [0.15, 0.2) is 0 Å². The quantitative estimate of drug-likeness (QED) is 0.906. The van der Waals surface area contributed by atoms with Crippen LogP contribution in [-0.2, 0) is 11.3 Å². The van der Waals surface area contributed by atoms with Gasteiger partial charge in [-0.1, -0.05) is 30.3 Å². The number of benzene rings is 1. The molecule has 3 heteroatoms. The second-order valence-corrected chi connectivity index (χ2v) is 5.88. The van der Waals surface area contributed by atoms with Crippen molar-refractivity contribution in [3.8, 4) is 0 Å². The van der Waals surface area contributed by atoms with E-state index in [0.29, 0.717) is 0 Å². The summed E-state index contributed by atoms with van der Waals surface area (Å²) >= 11 is 0. The first-order valence-electron chi connectivity index (χ1n) is 7.02. The van der Waals surface area contributed by atoms with Crippen LogP contribution in [0.1, 0.15) is 24.8 Å². The van der Waals surface area contributed by atoms with E-state index in [1.165, 1.54) is 5.56 Å². The van der Waals surface area contributed by atoms with Crippen LogP contribution in [0.15, 0.2) is 30.3 Å². The summed E-state index contributed by atoms with van der Waals surface area (Å²) in [5.41, 5.74) is 1.41. The summed E-state index contributed by atoms with van der Waals surface area (Å²) in [6.45, 7) is 3.03.